The van der Waals surface area contributed by atoms with Gasteiger partial charge in [0, 0.05) is 34.4 Å². The Morgan fingerprint density at radius 1 is 1.52 bits per heavy atom. The van der Waals surface area contributed by atoms with Gasteiger partial charge >= 0.3 is 0 Å². The minimum absolute atomic E-state index is 0. The normalized spacial score (nSPS) is 32.6. The summed E-state index contributed by atoms with van der Waals surface area (Å²) in [6, 6.07) is 0.120. The lowest BCUT2D eigenvalue weighted by Crippen LogP contribution is -2.54. The van der Waals surface area contributed by atoms with Gasteiger partial charge in [-0.25, -0.2) is 4.98 Å². The number of aromatic nitrogens is 1. The van der Waals surface area contributed by atoms with Crippen LogP contribution in [0.2, 0.25) is 0 Å². The minimum Gasteiger partial charge on any atom is -0.368 e. The number of likely N-dealkylation sites (tertiary alicyclic amines) is 1. The molecule has 3 aliphatic rings. The summed E-state index contributed by atoms with van der Waals surface area (Å²) in [5.74, 6) is -1.18. The Morgan fingerprint density at radius 2 is 2.26 bits per heavy atom. The summed E-state index contributed by atoms with van der Waals surface area (Å²) >= 11 is 0. The molecule has 3 heterocycles. The number of hydrogen-bond donors (Lipinski definition) is 3. The molecule has 9 heteroatoms. The molecule has 8 nitrogen and oxygen atoms in total. The van der Waals surface area contributed by atoms with Gasteiger partial charge < -0.3 is 16.8 Å². The number of Topliss-reactive ketones (excluding diaryl/α,β-unsaturated/α-hetero) is 1. The smallest absolute Gasteiger partial charge is 0.238 e. The van der Waals surface area contributed by atoms with Crippen LogP contribution < -0.4 is 16.8 Å². The third-order valence-corrected chi connectivity index (χ3v) is 5.59. The van der Waals surface area contributed by atoms with Crippen LogP contribution in [0, 0.1) is 0 Å². The van der Waals surface area contributed by atoms with Crippen molar-refractivity contribution in [2.24, 2.45) is 11.5 Å². The lowest BCUT2D eigenvalue weighted by molar-refractivity contribution is -0.132. The summed E-state index contributed by atoms with van der Waals surface area (Å²) < 4.78 is 22.5. The van der Waals surface area contributed by atoms with Crippen molar-refractivity contribution in [2.75, 3.05) is 5.32 Å². The Kier molecular flexibility index (Phi) is 4.05. The van der Waals surface area contributed by atoms with Gasteiger partial charge in [0.05, 0.1) is 12.1 Å². The molecule has 1 aliphatic carbocycles. The highest BCUT2D eigenvalue weighted by molar-refractivity contribution is 6.11. The number of carbonyl (C=O) groups is 3. The third kappa shape index (κ3) is 2.92. The fraction of sp³-hybridized carbons (Fsp3) is 0.556. The predicted molar refractivity (Wildman–Crippen MR) is 101 cm³/mol. The van der Waals surface area contributed by atoms with E-state index in [-0.39, 0.29) is 24.9 Å². The third-order valence-electron chi connectivity index (χ3n) is 5.59. The summed E-state index contributed by atoms with van der Waals surface area (Å²) in [6.45, 7) is -2.51. The van der Waals surface area contributed by atoms with Crippen LogP contribution in [-0.4, -0.2) is 51.6 Å². The molecule has 0 aromatic carbocycles. The number of ketones is 1. The van der Waals surface area contributed by atoms with Gasteiger partial charge in [-0.3, -0.25) is 19.3 Å². The molecule has 4 rings (SSSR count). The van der Waals surface area contributed by atoms with E-state index in [0.717, 1.165) is 12.8 Å². The number of nitrogens with zero attached hydrogens (tertiary/aromatic N) is 2. The van der Waals surface area contributed by atoms with Crippen molar-refractivity contribution in [2.45, 2.75) is 62.1 Å². The van der Waals surface area contributed by atoms with Crippen LogP contribution in [0.4, 0.5) is 5.82 Å². The number of primary amides is 1. The van der Waals surface area contributed by atoms with E-state index in [0.29, 0.717) is 11.4 Å². The molecule has 4 unspecified atom stereocenters. The summed E-state index contributed by atoms with van der Waals surface area (Å²) in [5, 5.41) is 2.71. The number of halogens is 1. The Balaban J connectivity index is 0.00000256. The average Bonchev–Trinajstić information content (AvgIpc) is 3.35. The lowest BCUT2D eigenvalue weighted by atomic mass is 9.72. The van der Waals surface area contributed by atoms with Crippen LogP contribution in [0.3, 0.4) is 0 Å². The number of pyridine rings is 1. The highest BCUT2D eigenvalue weighted by atomic mass is 35.5. The number of carbonyl (C=O) groups excluding carboxylic acids is 3. The maximum atomic E-state index is 13.4. The van der Waals surface area contributed by atoms with Crippen LogP contribution in [0.5, 0.6) is 0 Å². The van der Waals surface area contributed by atoms with Crippen molar-refractivity contribution in [3.05, 3.63) is 23.9 Å². The first-order valence-electron chi connectivity index (χ1n) is 10.2. The summed E-state index contributed by atoms with van der Waals surface area (Å²) in [5.41, 5.74) is 10.6. The number of nitrogens with two attached hydrogens (primary N) is 2. The molecule has 4 atom stereocenters. The Labute approximate surface area is 167 Å². The van der Waals surface area contributed by atoms with Crippen LogP contribution >= 0.6 is 12.4 Å². The zero-order chi connectivity index (χ0) is 21.1. The average molecular weight is 397 g/mol. The quantitative estimate of drug-likeness (QED) is 0.646. The van der Waals surface area contributed by atoms with Crippen LogP contribution in [0.25, 0.3) is 0 Å². The monoisotopic (exact) mass is 396 g/mol. The van der Waals surface area contributed by atoms with Gasteiger partial charge in [-0.2, -0.15) is 0 Å². The van der Waals surface area contributed by atoms with E-state index < -0.39 is 54.4 Å². The second-order valence-corrected chi connectivity index (χ2v) is 7.31. The lowest BCUT2D eigenvalue weighted by Gasteiger charge is -2.33. The van der Waals surface area contributed by atoms with Crippen molar-refractivity contribution < 1.29 is 18.5 Å². The molecule has 0 radical (unpaired) electrons. The maximum absolute atomic E-state index is 13.4. The van der Waals surface area contributed by atoms with Gasteiger partial charge in [0.1, 0.15) is 11.2 Å². The van der Waals surface area contributed by atoms with Crippen LogP contribution in [0.15, 0.2) is 18.3 Å². The number of hydrogen-bond acceptors (Lipinski definition) is 6. The van der Waals surface area contributed by atoms with Crippen molar-refractivity contribution >= 4 is 35.8 Å². The number of nitrogens with one attached hydrogen (secondary N) is 1. The van der Waals surface area contributed by atoms with Crippen molar-refractivity contribution in [1.82, 2.24) is 9.88 Å². The van der Waals surface area contributed by atoms with E-state index in [9.17, 15) is 14.4 Å². The highest BCUT2D eigenvalue weighted by Gasteiger charge is 2.66. The summed E-state index contributed by atoms with van der Waals surface area (Å²) in [7, 11) is 0. The van der Waals surface area contributed by atoms with E-state index in [4.69, 9.17) is 15.6 Å². The van der Waals surface area contributed by atoms with Crippen molar-refractivity contribution in [3.63, 3.8) is 0 Å². The number of amides is 2. The maximum Gasteiger partial charge on any atom is 0.238 e. The molecule has 0 bridgehead atoms. The molecule has 2 amide bonds. The molecule has 146 valence electrons. The van der Waals surface area contributed by atoms with E-state index in [1.807, 2.05) is 0 Å². The molecule has 2 aliphatic heterocycles. The molecular weight excluding hydrogens is 370 g/mol. The number of rotatable bonds is 5. The van der Waals surface area contributed by atoms with Crippen molar-refractivity contribution in [3.8, 4) is 0 Å². The van der Waals surface area contributed by atoms with Gasteiger partial charge in [0.15, 0.2) is 5.78 Å². The summed E-state index contributed by atoms with van der Waals surface area (Å²) in [6.07, 6.45) is 2.69. The first kappa shape index (κ1) is 16.0. The Hall–Kier alpha value is -2.03. The van der Waals surface area contributed by atoms with Gasteiger partial charge in [0.25, 0.3) is 0 Å². The Bertz CT molecular complexity index is 894. The second-order valence-electron chi connectivity index (χ2n) is 7.31. The standard InChI is InChI=1S/C18H23N5O3.ClH/c1-9(19)7-13(24)14-18(8-12(15(20)25)23(14)10-4-5-10)11-3-2-6-21-16(11)22-17(18)26;/h2-3,6,9-10,12,14H,4-5,7-8,19H2,1H3,(H2,20,25)(H,21,22,26);1H/i1D3;. The van der Waals surface area contributed by atoms with Crippen LogP contribution in [0.1, 0.15) is 42.2 Å². The zero-order valence-electron chi connectivity index (χ0n) is 17.6. The molecule has 5 N–H and O–H groups in total. The van der Waals surface area contributed by atoms with Crippen molar-refractivity contribution in [1.29, 1.82) is 0 Å². The molecule has 1 aromatic heterocycles. The zero-order valence-corrected chi connectivity index (χ0v) is 15.4. The predicted octanol–water partition coefficient (Wildman–Crippen LogP) is 0.0903. The number of fused-ring (bicyclic) bond motifs is 2. The summed E-state index contributed by atoms with van der Waals surface area (Å²) in [4.78, 5) is 44.8. The highest BCUT2D eigenvalue weighted by Crippen LogP contribution is 2.53. The van der Waals surface area contributed by atoms with E-state index >= 15 is 0 Å². The van der Waals surface area contributed by atoms with Gasteiger partial charge in [-0.1, -0.05) is 6.07 Å². The van der Waals surface area contributed by atoms with E-state index in [1.54, 1.807) is 17.0 Å². The topological polar surface area (TPSA) is 131 Å². The van der Waals surface area contributed by atoms with Gasteiger partial charge in [0.2, 0.25) is 11.8 Å². The van der Waals surface area contributed by atoms with E-state index in [1.165, 1.54) is 6.20 Å². The second kappa shape index (κ2) is 6.85. The Morgan fingerprint density at radius 3 is 2.89 bits per heavy atom. The number of anilines is 1. The first-order valence-corrected chi connectivity index (χ1v) is 8.69. The SMILES string of the molecule is Cl.[2H]C([2H])([2H])C(N)CC(=O)C1N(C2CC2)C(C(N)=O)CC12C(=O)Nc1ncccc12. The van der Waals surface area contributed by atoms with Gasteiger partial charge in [-0.05, 0) is 32.2 Å². The largest absolute Gasteiger partial charge is 0.368 e. The molecule has 1 saturated carbocycles. The van der Waals surface area contributed by atoms with Crippen LogP contribution in [-0.2, 0) is 19.8 Å². The fourth-order valence-electron chi connectivity index (χ4n) is 4.49. The molecule has 1 saturated heterocycles. The first-order chi connectivity index (χ1) is 13.6. The molecular formula is C18H24ClN5O3. The molecule has 27 heavy (non-hydrogen) atoms. The van der Waals surface area contributed by atoms with E-state index in [2.05, 4.69) is 10.3 Å². The van der Waals surface area contributed by atoms with Gasteiger partial charge in [-0.15, -0.1) is 12.4 Å². The molecule has 1 spiro atoms. The minimum atomic E-state index is -2.51. The molecule has 1 aromatic rings. The fourth-order valence-corrected chi connectivity index (χ4v) is 4.49. The molecule has 2 fully saturated rings.